The van der Waals surface area contributed by atoms with Crippen LogP contribution in [0.3, 0.4) is 0 Å². The third-order valence-electron chi connectivity index (χ3n) is 7.10. The number of carbonyl (C=O) groups is 2. The number of hydrogen-bond acceptors (Lipinski definition) is 4. The van der Waals surface area contributed by atoms with E-state index in [1.807, 2.05) is 23.1 Å². The second-order valence-corrected chi connectivity index (χ2v) is 8.26. The van der Waals surface area contributed by atoms with Gasteiger partial charge >= 0.3 is 5.97 Å². The van der Waals surface area contributed by atoms with Crippen molar-refractivity contribution in [3.63, 3.8) is 0 Å². The molecule has 0 radical (unpaired) electrons. The van der Waals surface area contributed by atoms with Crippen molar-refractivity contribution in [1.82, 2.24) is 4.90 Å². The smallest absolute Gasteiger partial charge is 0.335 e. The summed E-state index contributed by atoms with van der Waals surface area (Å²) in [5.74, 6) is 0.602. The third-order valence-corrected chi connectivity index (χ3v) is 7.10. The zero-order valence-corrected chi connectivity index (χ0v) is 16.1. The number of nitrogens with zero attached hydrogens (tertiary/aromatic N) is 1. The zero-order chi connectivity index (χ0) is 19.4. The van der Waals surface area contributed by atoms with E-state index in [1.54, 1.807) is 7.11 Å². The van der Waals surface area contributed by atoms with E-state index in [9.17, 15) is 9.59 Å². The highest BCUT2D eigenvalue weighted by atomic mass is 16.6. The molecule has 146 valence electrons. The second kappa shape index (κ2) is 6.23. The van der Waals surface area contributed by atoms with E-state index in [0.717, 1.165) is 43.4 Å². The van der Waals surface area contributed by atoms with Crippen molar-refractivity contribution < 1.29 is 19.1 Å². The van der Waals surface area contributed by atoms with Gasteiger partial charge in [-0.05, 0) is 42.7 Å². The number of esters is 1. The fourth-order valence-electron chi connectivity index (χ4n) is 6.13. The molecule has 0 aromatic heterocycles. The second-order valence-electron chi connectivity index (χ2n) is 8.26. The summed E-state index contributed by atoms with van der Waals surface area (Å²) in [7, 11) is 1.59. The lowest BCUT2D eigenvalue weighted by molar-refractivity contribution is -0.161. The van der Waals surface area contributed by atoms with Gasteiger partial charge in [0.1, 0.15) is 0 Å². The monoisotopic (exact) mass is 379 g/mol. The molecule has 3 atom stereocenters. The van der Waals surface area contributed by atoms with Gasteiger partial charge in [0.05, 0.1) is 18.7 Å². The Balaban J connectivity index is 1.75. The molecule has 1 aromatic rings. The molecule has 3 fully saturated rings. The molecule has 28 heavy (non-hydrogen) atoms. The maximum Gasteiger partial charge on any atom is 0.335 e. The first-order valence-corrected chi connectivity index (χ1v) is 10.2. The Hall–Kier alpha value is -2.56. The largest absolute Gasteiger partial charge is 0.496 e. The molecule has 1 aromatic carbocycles. The Bertz CT molecular complexity index is 889. The number of benzene rings is 1. The van der Waals surface area contributed by atoms with Gasteiger partial charge in [-0.25, -0.2) is 4.79 Å². The van der Waals surface area contributed by atoms with Crippen LogP contribution >= 0.6 is 0 Å². The number of methoxy groups -OCH3 is 1. The molecule has 0 bridgehead atoms. The van der Waals surface area contributed by atoms with Gasteiger partial charge in [-0.3, -0.25) is 4.79 Å². The Morgan fingerprint density at radius 3 is 2.82 bits per heavy atom. The molecule has 2 saturated heterocycles. The molecule has 2 spiro atoms. The molecule has 0 N–H and O–H groups in total. The van der Waals surface area contributed by atoms with Gasteiger partial charge in [0.15, 0.2) is 5.76 Å². The third kappa shape index (κ3) is 2.13. The van der Waals surface area contributed by atoms with E-state index in [0.29, 0.717) is 18.6 Å². The lowest BCUT2D eigenvalue weighted by atomic mass is 9.72. The van der Waals surface area contributed by atoms with Gasteiger partial charge < -0.3 is 14.4 Å². The summed E-state index contributed by atoms with van der Waals surface area (Å²) < 4.78 is 11.9. The minimum Gasteiger partial charge on any atom is -0.496 e. The summed E-state index contributed by atoms with van der Waals surface area (Å²) in [5, 5.41) is 0. The van der Waals surface area contributed by atoms with E-state index in [2.05, 4.69) is 18.2 Å². The van der Waals surface area contributed by atoms with Crippen LogP contribution in [0.15, 0.2) is 47.7 Å². The predicted molar refractivity (Wildman–Crippen MR) is 104 cm³/mol. The van der Waals surface area contributed by atoms with Gasteiger partial charge in [-0.1, -0.05) is 42.8 Å². The van der Waals surface area contributed by atoms with Crippen molar-refractivity contribution in [2.45, 2.75) is 49.7 Å². The highest BCUT2D eigenvalue weighted by Gasteiger charge is 2.74. The lowest BCUT2D eigenvalue weighted by Gasteiger charge is -2.48. The van der Waals surface area contributed by atoms with E-state index in [4.69, 9.17) is 9.47 Å². The maximum atomic E-state index is 12.9. The van der Waals surface area contributed by atoms with Crippen LogP contribution in [-0.4, -0.2) is 41.6 Å². The van der Waals surface area contributed by atoms with Crippen LogP contribution in [0.4, 0.5) is 0 Å². The quantitative estimate of drug-likeness (QED) is 0.739. The highest BCUT2D eigenvalue weighted by molar-refractivity contribution is 5.90. The van der Waals surface area contributed by atoms with Crippen molar-refractivity contribution in [3.05, 3.63) is 53.3 Å². The first kappa shape index (κ1) is 17.5. The Kier molecular flexibility index (Phi) is 3.90. The molecule has 1 unspecified atom stereocenters. The average molecular weight is 379 g/mol. The van der Waals surface area contributed by atoms with Crippen molar-refractivity contribution in [1.29, 1.82) is 0 Å². The molecule has 4 aliphatic rings. The molecule has 1 aliphatic carbocycles. The van der Waals surface area contributed by atoms with Gasteiger partial charge in [0.2, 0.25) is 11.5 Å². The maximum absolute atomic E-state index is 12.9. The van der Waals surface area contributed by atoms with Crippen molar-refractivity contribution in [2.75, 3.05) is 13.7 Å². The topological polar surface area (TPSA) is 55.8 Å². The molecule has 5 nitrogen and oxygen atoms in total. The van der Waals surface area contributed by atoms with Crippen LogP contribution in [0, 0.1) is 5.92 Å². The number of hydrogen-bond donors (Lipinski definition) is 0. The van der Waals surface area contributed by atoms with Crippen molar-refractivity contribution in [2.24, 2.45) is 5.92 Å². The average Bonchev–Trinajstić information content (AvgIpc) is 3.25. The molecule has 3 aliphatic heterocycles. The van der Waals surface area contributed by atoms with Gasteiger partial charge in [-0.2, -0.15) is 0 Å². The summed E-state index contributed by atoms with van der Waals surface area (Å²) in [4.78, 5) is 27.4. The SMILES string of the molecule is COC1=CC(=O)O[C@@]12/C(=C/c1ccccc1)C[C@@H]1CCCCN3C(=O)CCC132. The number of carbonyl (C=O) groups excluding carboxylic acids is 2. The predicted octanol–water partition coefficient (Wildman–Crippen LogP) is 3.46. The fraction of sp³-hybridized carbons (Fsp3) is 0.478. The molecule has 5 heteroatoms. The summed E-state index contributed by atoms with van der Waals surface area (Å²) in [6.07, 6.45) is 8.75. The van der Waals surface area contributed by atoms with Crippen LogP contribution < -0.4 is 0 Å². The molecule has 3 heterocycles. The Morgan fingerprint density at radius 1 is 1.21 bits per heavy atom. The van der Waals surface area contributed by atoms with Gasteiger partial charge in [-0.15, -0.1) is 0 Å². The lowest BCUT2D eigenvalue weighted by Crippen LogP contribution is -2.63. The van der Waals surface area contributed by atoms with Gasteiger partial charge in [0.25, 0.3) is 0 Å². The van der Waals surface area contributed by atoms with E-state index < -0.39 is 11.1 Å². The van der Waals surface area contributed by atoms with Crippen LogP contribution in [0.5, 0.6) is 0 Å². The molecular formula is C23H25NO4. The molecule has 5 rings (SSSR count). The highest BCUT2D eigenvalue weighted by Crippen LogP contribution is 2.64. The summed E-state index contributed by atoms with van der Waals surface area (Å²) in [6.45, 7) is 0.726. The first-order valence-electron chi connectivity index (χ1n) is 10.2. The Morgan fingerprint density at radius 2 is 2.04 bits per heavy atom. The number of amides is 1. The minimum atomic E-state index is -1.00. The molecular weight excluding hydrogens is 354 g/mol. The van der Waals surface area contributed by atoms with Crippen LogP contribution in [0.1, 0.15) is 44.1 Å². The molecule has 1 saturated carbocycles. The fourth-order valence-corrected chi connectivity index (χ4v) is 6.13. The van der Waals surface area contributed by atoms with Crippen LogP contribution in [-0.2, 0) is 19.1 Å². The van der Waals surface area contributed by atoms with Crippen LogP contribution in [0.25, 0.3) is 6.08 Å². The normalized spacial score (nSPS) is 35.6. The summed E-state index contributed by atoms with van der Waals surface area (Å²) in [6, 6.07) is 10.1. The Labute approximate surface area is 165 Å². The molecule has 1 amide bonds. The van der Waals surface area contributed by atoms with Crippen molar-refractivity contribution in [3.8, 4) is 0 Å². The van der Waals surface area contributed by atoms with Gasteiger partial charge in [0, 0.05) is 13.0 Å². The van der Waals surface area contributed by atoms with Crippen molar-refractivity contribution >= 4 is 18.0 Å². The number of rotatable bonds is 2. The summed E-state index contributed by atoms with van der Waals surface area (Å²) >= 11 is 0. The number of ether oxygens (including phenoxy) is 2. The first-order chi connectivity index (χ1) is 13.6. The summed E-state index contributed by atoms with van der Waals surface area (Å²) in [5.41, 5.74) is 0.577. The standard InChI is InChI=1S/C23H25NO4/c1-27-19-15-21(26)28-23(19)18(13-16-7-3-2-4-8-16)14-17-9-5-6-12-24-20(25)10-11-22(17,23)24/h2-4,7-8,13,15,17H,5-6,9-12,14H2,1H3/b18-13+/t17-,22?,23-/m0/s1. The van der Waals surface area contributed by atoms with E-state index in [-0.39, 0.29) is 17.8 Å². The van der Waals surface area contributed by atoms with E-state index >= 15 is 0 Å². The van der Waals surface area contributed by atoms with Crippen LogP contribution in [0.2, 0.25) is 0 Å². The minimum absolute atomic E-state index is 0.172. The van der Waals surface area contributed by atoms with E-state index in [1.165, 1.54) is 6.08 Å². The zero-order valence-electron chi connectivity index (χ0n) is 16.1.